The first-order chi connectivity index (χ1) is 7.72. The zero-order chi connectivity index (χ0) is 11.2. The van der Waals surface area contributed by atoms with Crippen LogP contribution in [0.1, 0.15) is 31.4 Å². The van der Waals surface area contributed by atoms with E-state index >= 15 is 0 Å². The Hall–Kier alpha value is -1.52. The Labute approximate surface area is 93.0 Å². The summed E-state index contributed by atoms with van der Waals surface area (Å²) in [7, 11) is 0. The molecule has 0 aromatic carbocycles. The van der Waals surface area contributed by atoms with Gasteiger partial charge in [0.2, 0.25) is 0 Å². The van der Waals surface area contributed by atoms with Crippen LogP contribution in [0.25, 0.3) is 0 Å². The number of rotatable bonds is 2. The minimum atomic E-state index is -0.763. The van der Waals surface area contributed by atoms with Gasteiger partial charge in [-0.1, -0.05) is 12.8 Å². The summed E-state index contributed by atoms with van der Waals surface area (Å²) in [6.07, 6.45) is 5.17. The molecule has 0 atom stereocenters. The van der Waals surface area contributed by atoms with Crippen LogP contribution >= 0.6 is 0 Å². The first-order valence-electron chi connectivity index (χ1n) is 5.66. The van der Waals surface area contributed by atoms with Crippen molar-refractivity contribution >= 4 is 5.97 Å². The van der Waals surface area contributed by atoms with Crippen LogP contribution in [0.4, 0.5) is 0 Å². The number of carbonyl (C=O) groups is 1. The van der Waals surface area contributed by atoms with Gasteiger partial charge in [-0.3, -0.25) is 9.36 Å². The number of imidazole rings is 1. The number of hydrogen-bond donors (Lipinski definition) is 1. The van der Waals surface area contributed by atoms with Crippen molar-refractivity contribution in [2.24, 2.45) is 0 Å². The Bertz CT molecular complexity index is 411. The lowest BCUT2D eigenvalue weighted by molar-refractivity contribution is -0.143. The van der Waals surface area contributed by atoms with E-state index in [0.29, 0.717) is 31.2 Å². The Balaban J connectivity index is 2.03. The second-order valence-corrected chi connectivity index (χ2v) is 4.54. The first kappa shape index (κ1) is 9.69. The summed E-state index contributed by atoms with van der Waals surface area (Å²) < 4.78 is 7.22. The Morgan fingerprint density at radius 1 is 1.50 bits per heavy atom. The van der Waals surface area contributed by atoms with E-state index < -0.39 is 11.4 Å². The highest BCUT2D eigenvalue weighted by atomic mass is 16.5. The van der Waals surface area contributed by atoms with Crippen LogP contribution in [0.2, 0.25) is 0 Å². The summed E-state index contributed by atoms with van der Waals surface area (Å²) in [5, 5.41) is 9.42. The second kappa shape index (κ2) is 3.23. The molecule has 1 aliphatic heterocycles. The van der Waals surface area contributed by atoms with Gasteiger partial charge in [0.15, 0.2) is 0 Å². The average Bonchev–Trinajstić information content (AvgIpc) is 2.92. The van der Waals surface area contributed by atoms with E-state index in [1.54, 1.807) is 0 Å². The maximum Gasteiger partial charge on any atom is 0.315 e. The summed E-state index contributed by atoms with van der Waals surface area (Å²) in [5.74, 6) is -0.748. The van der Waals surface area contributed by atoms with Gasteiger partial charge in [-0.2, -0.15) is 4.98 Å². The number of aliphatic carboxylic acids is 1. The molecular formula is C11H14N2O3. The SMILES string of the molecule is O=C(O)C1(c2cn3c(n2)OCC3)CCCC1. The van der Waals surface area contributed by atoms with E-state index in [-0.39, 0.29) is 0 Å². The quantitative estimate of drug-likeness (QED) is 0.815. The predicted molar refractivity (Wildman–Crippen MR) is 55.5 cm³/mol. The van der Waals surface area contributed by atoms with Gasteiger partial charge in [0.25, 0.3) is 6.01 Å². The minimum absolute atomic E-state index is 0.572. The van der Waals surface area contributed by atoms with Crippen LogP contribution in [0.5, 0.6) is 6.01 Å². The van der Waals surface area contributed by atoms with Gasteiger partial charge < -0.3 is 9.84 Å². The van der Waals surface area contributed by atoms with Crippen molar-refractivity contribution in [1.82, 2.24) is 9.55 Å². The molecule has 2 heterocycles. The molecule has 16 heavy (non-hydrogen) atoms. The zero-order valence-electron chi connectivity index (χ0n) is 8.98. The molecule has 5 heteroatoms. The number of hydrogen-bond acceptors (Lipinski definition) is 3. The number of nitrogens with zero attached hydrogens (tertiary/aromatic N) is 2. The average molecular weight is 222 g/mol. The molecule has 1 aromatic heterocycles. The summed E-state index contributed by atoms with van der Waals surface area (Å²) in [6, 6.07) is 0.572. The smallest absolute Gasteiger partial charge is 0.315 e. The third-order valence-corrected chi connectivity index (χ3v) is 3.66. The summed E-state index contributed by atoms with van der Waals surface area (Å²) in [6.45, 7) is 1.42. The lowest BCUT2D eigenvalue weighted by atomic mass is 9.83. The zero-order valence-corrected chi connectivity index (χ0v) is 8.98. The van der Waals surface area contributed by atoms with Crippen molar-refractivity contribution in [3.63, 3.8) is 0 Å². The topological polar surface area (TPSA) is 64.3 Å². The van der Waals surface area contributed by atoms with Gasteiger partial charge in [0.1, 0.15) is 12.0 Å². The van der Waals surface area contributed by atoms with Crippen molar-refractivity contribution in [1.29, 1.82) is 0 Å². The molecule has 1 aliphatic carbocycles. The summed E-state index contributed by atoms with van der Waals surface area (Å²) in [5.41, 5.74) is -0.0899. The van der Waals surface area contributed by atoms with Crippen molar-refractivity contribution in [2.75, 3.05) is 6.61 Å². The third-order valence-electron chi connectivity index (χ3n) is 3.66. The Morgan fingerprint density at radius 3 is 2.88 bits per heavy atom. The van der Waals surface area contributed by atoms with Crippen LogP contribution in [-0.2, 0) is 16.8 Å². The number of ether oxygens (including phenoxy) is 1. The number of fused-ring (bicyclic) bond motifs is 1. The van der Waals surface area contributed by atoms with Crippen LogP contribution in [0.15, 0.2) is 6.20 Å². The third kappa shape index (κ3) is 1.17. The molecule has 5 nitrogen and oxygen atoms in total. The first-order valence-corrected chi connectivity index (χ1v) is 5.66. The van der Waals surface area contributed by atoms with Gasteiger partial charge in [-0.25, -0.2) is 0 Å². The molecule has 1 saturated carbocycles. The lowest BCUT2D eigenvalue weighted by Crippen LogP contribution is -2.33. The maximum absolute atomic E-state index is 11.5. The highest BCUT2D eigenvalue weighted by Gasteiger charge is 2.45. The highest BCUT2D eigenvalue weighted by molar-refractivity contribution is 5.81. The number of carboxylic acid groups (broad SMARTS) is 1. The van der Waals surface area contributed by atoms with Crippen molar-refractivity contribution in [3.8, 4) is 6.01 Å². The van der Waals surface area contributed by atoms with E-state index in [1.165, 1.54) is 0 Å². The standard InChI is InChI=1S/C11H14N2O3/c14-9(15)11(3-1-2-4-11)8-7-13-5-6-16-10(13)12-8/h7H,1-6H2,(H,14,15). The number of aromatic nitrogens is 2. The number of carboxylic acids is 1. The molecule has 1 fully saturated rings. The molecule has 0 spiro atoms. The Kier molecular flexibility index (Phi) is 1.96. The van der Waals surface area contributed by atoms with Crippen molar-refractivity contribution in [3.05, 3.63) is 11.9 Å². The molecule has 86 valence electrons. The van der Waals surface area contributed by atoms with Crippen LogP contribution in [-0.4, -0.2) is 27.2 Å². The molecule has 0 bridgehead atoms. The normalized spacial score (nSPS) is 21.8. The lowest BCUT2D eigenvalue weighted by Gasteiger charge is -2.20. The monoisotopic (exact) mass is 222 g/mol. The van der Waals surface area contributed by atoms with E-state index in [0.717, 1.165) is 19.4 Å². The molecule has 3 rings (SSSR count). The molecule has 1 N–H and O–H groups in total. The largest absolute Gasteiger partial charge is 0.481 e. The maximum atomic E-state index is 11.5. The predicted octanol–water partition coefficient (Wildman–Crippen LogP) is 1.17. The molecular weight excluding hydrogens is 208 g/mol. The fourth-order valence-corrected chi connectivity index (χ4v) is 2.70. The van der Waals surface area contributed by atoms with Gasteiger partial charge in [-0.15, -0.1) is 0 Å². The minimum Gasteiger partial charge on any atom is -0.481 e. The van der Waals surface area contributed by atoms with Crippen LogP contribution in [0.3, 0.4) is 0 Å². The summed E-state index contributed by atoms with van der Waals surface area (Å²) >= 11 is 0. The van der Waals surface area contributed by atoms with Gasteiger partial charge >= 0.3 is 5.97 Å². The van der Waals surface area contributed by atoms with E-state index in [1.807, 2.05) is 10.8 Å². The fraction of sp³-hybridized carbons (Fsp3) is 0.636. The molecule has 0 amide bonds. The van der Waals surface area contributed by atoms with Crippen LogP contribution in [0, 0.1) is 0 Å². The van der Waals surface area contributed by atoms with Crippen molar-refractivity contribution in [2.45, 2.75) is 37.6 Å². The van der Waals surface area contributed by atoms with Gasteiger partial charge in [0.05, 0.1) is 12.2 Å². The van der Waals surface area contributed by atoms with E-state index in [4.69, 9.17) is 4.74 Å². The van der Waals surface area contributed by atoms with Crippen LogP contribution < -0.4 is 4.74 Å². The van der Waals surface area contributed by atoms with E-state index in [9.17, 15) is 9.90 Å². The summed E-state index contributed by atoms with van der Waals surface area (Å²) in [4.78, 5) is 15.8. The molecule has 0 unspecified atom stereocenters. The second-order valence-electron chi connectivity index (χ2n) is 4.54. The van der Waals surface area contributed by atoms with Crippen molar-refractivity contribution < 1.29 is 14.6 Å². The fourth-order valence-electron chi connectivity index (χ4n) is 2.70. The van der Waals surface area contributed by atoms with Gasteiger partial charge in [0, 0.05) is 6.20 Å². The van der Waals surface area contributed by atoms with Gasteiger partial charge in [-0.05, 0) is 12.8 Å². The highest BCUT2D eigenvalue weighted by Crippen LogP contribution is 2.41. The molecule has 2 aliphatic rings. The molecule has 1 aromatic rings. The molecule has 0 radical (unpaired) electrons. The molecule has 0 saturated heterocycles. The Morgan fingerprint density at radius 2 is 2.25 bits per heavy atom. The van der Waals surface area contributed by atoms with E-state index in [2.05, 4.69) is 4.98 Å².